The lowest BCUT2D eigenvalue weighted by atomic mass is 10.1. The molecule has 88 valence electrons. The smallest absolute Gasteiger partial charge is 0.251 e. The second-order valence-electron chi connectivity index (χ2n) is 3.70. The first-order valence-corrected chi connectivity index (χ1v) is 5.84. The molecule has 0 aromatic carbocycles. The van der Waals surface area contributed by atoms with Gasteiger partial charge in [-0.05, 0) is 30.3 Å². The first-order chi connectivity index (χ1) is 8.20. The van der Waals surface area contributed by atoms with Crippen LogP contribution in [0.4, 0.5) is 0 Å². The molecule has 4 nitrogen and oxygen atoms in total. The van der Waals surface area contributed by atoms with Gasteiger partial charge in [-0.1, -0.05) is 13.0 Å². The van der Waals surface area contributed by atoms with Crippen LogP contribution in [0.1, 0.15) is 18.2 Å². The van der Waals surface area contributed by atoms with Gasteiger partial charge in [0.15, 0.2) is 4.77 Å². The van der Waals surface area contributed by atoms with Crippen LogP contribution in [0.2, 0.25) is 0 Å². The van der Waals surface area contributed by atoms with Crippen LogP contribution in [0.3, 0.4) is 0 Å². The van der Waals surface area contributed by atoms with Crippen molar-refractivity contribution in [2.75, 3.05) is 0 Å². The number of hydrogen-bond acceptors (Lipinski definition) is 3. The molecule has 0 aliphatic rings. The molecule has 0 saturated carbocycles. The van der Waals surface area contributed by atoms with Gasteiger partial charge in [0.05, 0.1) is 12.2 Å². The molecule has 0 aliphatic carbocycles. The average molecular weight is 247 g/mol. The Labute approximate surface area is 104 Å². The van der Waals surface area contributed by atoms with E-state index in [1.807, 2.05) is 6.07 Å². The number of hydrogen-bond donors (Lipinski definition) is 1. The van der Waals surface area contributed by atoms with E-state index in [2.05, 4.69) is 23.0 Å². The molecule has 0 fully saturated rings. The Hall–Kier alpha value is -1.75. The Kier molecular flexibility index (Phi) is 3.49. The molecule has 0 unspecified atom stereocenters. The zero-order valence-electron chi connectivity index (χ0n) is 9.51. The summed E-state index contributed by atoms with van der Waals surface area (Å²) in [5, 5.41) is 0. The highest BCUT2D eigenvalue weighted by atomic mass is 32.1. The molecule has 0 atom stereocenters. The molecule has 5 heteroatoms. The molecular weight excluding hydrogens is 234 g/mol. The lowest BCUT2D eigenvalue weighted by molar-refractivity contribution is 0.719. The summed E-state index contributed by atoms with van der Waals surface area (Å²) < 4.78 is 2.23. The first-order valence-electron chi connectivity index (χ1n) is 5.43. The fourth-order valence-corrected chi connectivity index (χ4v) is 1.89. The maximum atomic E-state index is 11.1. The van der Waals surface area contributed by atoms with E-state index in [0.29, 0.717) is 11.3 Å². The van der Waals surface area contributed by atoms with Gasteiger partial charge in [-0.15, -0.1) is 0 Å². The predicted octanol–water partition coefficient (Wildman–Crippen LogP) is 1.91. The summed E-state index contributed by atoms with van der Waals surface area (Å²) in [6, 6.07) is 5.44. The summed E-state index contributed by atoms with van der Waals surface area (Å²) in [6.07, 6.45) is 4.39. The molecule has 0 bridgehead atoms. The van der Waals surface area contributed by atoms with Gasteiger partial charge in [0.25, 0.3) is 5.56 Å². The highest BCUT2D eigenvalue weighted by molar-refractivity contribution is 7.71. The monoisotopic (exact) mass is 247 g/mol. The number of pyridine rings is 1. The third-order valence-corrected chi connectivity index (χ3v) is 2.92. The van der Waals surface area contributed by atoms with Gasteiger partial charge >= 0.3 is 0 Å². The van der Waals surface area contributed by atoms with Crippen LogP contribution >= 0.6 is 12.2 Å². The molecule has 0 saturated heterocycles. The molecule has 2 heterocycles. The second kappa shape index (κ2) is 5.05. The molecular formula is C12H13N3OS. The van der Waals surface area contributed by atoms with Crippen molar-refractivity contribution in [1.82, 2.24) is 14.5 Å². The minimum absolute atomic E-state index is 0.178. The SMILES string of the molecule is CCc1cccnc1Cn1ccc(=O)[nH]c1=S. The minimum atomic E-state index is -0.178. The highest BCUT2D eigenvalue weighted by Gasteiger charge is 2.02. The van der Waals surface area contributed by atoms with Gasteiger partial charge in [-0.2, -0.15) is 0 Å². The topological polar surface area (TPSA) is 50.7 Å². The van der Waals surface area contributed by atoms with E-state index in [9.17, 15) is 4.79 Å². The Morgan fingerprint density at radius 2 is 2.29 bits per heavy atom. The van der Waals surface area contributed by atoms with Crippen molar-refractivity contribution < 1.29 is 0 Å². The molecule has 0 spiro atoms. The van der Waals surface area contributed by atoms with E-state index in [4.69, 9.17) is 12.2 Å². The first kappa shape index (κ1) is 11.7. The normalized spacial score (nSPS) is 10.4. The van der Waals surface area contributed by atoms with Crippen molar-refractivity contribution >= 4 is 12.2 Å². The van der Waals surface area contributed by atoms with Crippen LogP contribution in [0.15, 0.2) is 35.4 Å². The predicted molar refractivity (Wildman–Crippen MR) is 68.6 cm³/mol. The molecule has 1 N–H and O–H groups in total. The van der Waals surface area contributed by atoms with Crippen molar-refractivity contribution in [1.29, 1.82) is 0 Å². The fraction of sp³-hybridized carbons (Fsp3) is 0.250. The van der Waals surface area contributed by atoms with Crippen LogP contribution in [0, 0.1) is 4.77 Å². The maximum absolute atomic E-state index is 11.1. The number of aromatic amines is 1. The summed E-state index contributed by atoms with van der Waals surface area (Å²) in [4.78, 5) is 18.0. The molecule has 2 aromatic heterocycles. The zero-order valence-corrected chi connectivity index (χ0v) is 10.3. The summed E-state index contributed by atoms with van der Waals surface area (Å²) in [7, 11) is 0. The summed E-state index contributed by atoms with van der Waals surface area (Å²) in [6.45, 7) is 2.67. The van der Waals surface area contributed by atoms with Gasteiger partial charge in [0.2, 0.25) is 0 Å². The molecule has 2 aromatic rings. The van der Waals surface area contributed by atoms with E-state index in [1.165, 1.54) is 11.6 Å². The molecule has 0 amide bonds. The average Bonchev–Trinajstić information content (AvgIpc) is 2.33. The summed E-state index contributed by atoms with van der Waals surface area (Å²) in [5.41, 5.74) is 2.00. The lowest BCUT2D eigenvalue weighted by Gasteiger charge is -2.08. The van der Waals surface area contributed by atoms with Crippen LogP contribution in [0.25, 0.3) is 0 Å². The summed E-state index contributed by atoms with van der Waals surface area (Å²) >= 11 is 5.10. The van der Waals surface area contributed by atoms with E-state index in [-0.39, 0.29) is 5.56 Å². The van der Waals surface area contributed by atoms with Crippen molar-refractivity contribution in [2.24, 2.45) is 0 Å². The van der Waals surface area contributed by atoms with Crippen LogP contribution in [0.5, 0.6) is 0 Å². The van der Waals surface area contributed by atoms with Crippen molar-refractivity contribution in [3.05, 3.63) is 57.0 Å². The zero-order chi connectivity index (χ0) is 12.3. The van der Waals surface area contributed by atoms with Gasteiger partial charge in [-0.25, -0.2) is 0 Å². The van der Waals surface area contributed by atoms with Crippen LogP contribution < -0.4 is 5.56 Å². The van der Waals surface area contributed by atoms with Gasteiger partial charge in [0.1, 0.15) is 0 Å². The third kappa shape index (κ3) is 2.68. The second-order valence-corrected chi connectivity index (χ2v) is 4.09. The number of nitrogens with one attached hydrogen (secondary N) is 1. The largest absolute Gasteiger partial charge is 0.319 e. The standard InChI is InChI=1S/C12H13N3OS/c1-2-9-4-3-6-13-10(9)8-15-7-5-11(16)14-12(15)17/h3-7H,2,8H2,1H3,(H,14,16,17). The van der Waals surface area contributed by atoms with Gasteiger partial charge < -0.3 is 4.57 Å². The third-order valence-electron chi connectivity index (χ3n) is 2.58. The van der Waals surface area contributed by atoms with Gasteiger partial charge in [-0.3, -0.25) is 14.8 Å². The highest BCUT2D eigenvalue weighted by Crippen LogP contribution is 2.07. The Bertz CT molecular complexity index is 630. The van der Waals surface area contributed by atoms with Crippen molar-refractivity contribution in [3.63, 3.8) is 0 Å². The van der Waals surface area contributed by atoms with E-state index >= 15 is 0 Å². The van der Waals surface area contributed by atoms with Crippen molar-refractivity contribution in [2.45, 2.75) is 19.9 Å². The number of aromatic nitrogens is 3. The maximum Gasteiger partial charge on any atom is 0.251 e. The van der Waals surface area contributed by atoms with E-state index < -0.39 is 0 Å². The summed E-state index contributed by atoms with van der Waals surface area (Å²) in [5.74, 6) is 0. The Morgan fingerprint density at radius 3 is 3.00 bits per heavy atom. The Balaban J connectivity index is 2.38. The molecule has 0 aliphatic heterocycles. The number of aryl methyl sites for hydroxylation is 1. The molecule has 0 radical (unpaired) electrons. The van der Waals surface area contributed by atoms with Gasteiger partial charge in [0, 0.05) is 18.5 Å². The van der Waals surface area contributed by atoms with E-state index in [0.717, 1.165) is 12.1 Å². The number of nitrogens with zero attached hydrogens (tertiary/aromatic N) is 2. The van der Waals surface area contributed by atoms with E-state index in [1.54, 1.807) is 17.0 Å². The van der Waals surface area contributed by atoms with Crippen molar-refractivity contribution in [3.8, 4) is 0 Å². The number of rotatable bonds is 3. The lowest BCUT2D eigenvalue weighted by Crippen LogP contribution is -2.13. The van der Waals surface area contributed by atoms with Crippen LogP contribution in [-0.2, 0) is 13.0 Å². The fourth-order valence-electron chi connectivity index (χ4n) is 1.67. The molecule has 17 heavy (non-hydrogen) atoms. The minimum Gasteiger partial charge on any atom is -0.319 e. The number of H-pyrrole nitrogens is 1. The van der Waals surface area contributed by atoms with Crippen LogP contribution in [-0.4, -0.2) is 14.5 Å². The quantitative estimate of drug-likeness (QED) is 0.843. The molecule has 2 rings (SSSR count). The Morgan fingerprint density at radius 1 is 1.47 bits per heavy atom.